The van der Waals surface area contributed by atoms with Crippen LogP contribution in [0.15, 0.2) is 22.7 Å². The molecule has 1 fully saturated rings. The van der Waals surface area contributed by atoms with Crippen LogP contribution in [0.5, 0.6) is 0 Å². The van der Waals surface area contributed by atoms with Gasteiger partial charge in [-0.05, 0) is 34.1 Å². The van der Waals surface area contributed by atoms with Crippen molar-refractivity contribution in [1.29, 1.82) is 0 Å². The second-order valence-electron chi connectivity index (χ2n) is 4.40. The van der Waals surface area contributed by atoms with Crippen LogP contribution in [0.4, 0.5) is 4.39 Å². The van der Waals surface area contributed by atoms with Crippen molar-refractivity contribution in [3.8, 4) is 12.3 Å². The predicted molar refractivity (Wildman–Crippen MR) is 75.3 cm³/mol. The number of carbonyl (C=O) groups is 1. The fourth-order valence-corrected chi connectivity index (χ4v) is 2.30. The topological polar surface area (TPSA) is 23.6 Å². The van der Waals surface area contributed by atoms with Gasteiger partial charge < -0.3 is 4.90 Å². The van der Waals surface area contributed by atoms with Gasteiger partial charge in [0, 0.05) is 31.7 Å². The Kier molecular flexibility index (Phi) is 4.56. The number of rotatable bonds is 2. The predicted octanol–water partition coefficient (Wildman–Crippen LogP) is 1.98. The van der Waals surface area contributed by atoms with Crippen LogP contribution in [0.25, 0.3) is 0 Å². The summed E-state index contributed by atoms with van der Waals surface area (Å²) in [5.74, 6) is 2.04. The Hall–Kier alpha value is -1.38. The summed E-state index contributed by atoms with van der Waals surface area (Å²) >= 11 is 3.07. The summed E-state index contributed by atoms with van der Waals surface area (Å²) in [4.78, 5) is 16.1. The maximum Gasteiger partial charge on any atom is 0.254 e. The standard InChI is InChI=1S/C14H14BrFN2O/c1-2-5-17-6-8-18(9-7-17)14(19)11-3-4-12(15)13(16)10-11/h1,3-4,10H,5-9H2. The lowest BCUT2D eigenvalue weighted by molar-refractivity contribution is 0.0651. The summed E-state index contributed by atoms with van der Waals surface area (Å²) in [5, 5.41) is 0. The zero-order chi connectivity index (χ0) is 13.8. The Balaban J connectivity index is 2.01. The number of terminal acetylenes is 1. The van der Waals surface area contributed by atoms with Gasteiger partial charge in [-0.25, -0.2) is 4.39 Å². The minimum Gasteiger partial charge on any atom is -0.336 e. The van der Waals surface area contributed by atoms with Gasteiger partial charge in [0.15, 0.2) is 0 Å². The summed E-state index contributed by atoms with van der Waals surface area (Å²) in [6.45, 7) is 3.37. The van der Waals surface area contributed by atoms with Gasteiger partial charge in [-0.2, -0.15) is 0 Å². The molecular formula is C14H14BrFN2O. The molecule has 19 heavy (non-hydrogen) atoms. The van der Waals surface area contributed by atoms with E-state index < -0.39 is 5.82 Å². The van der Waals surface area contributed by atoms with Crippen molar-refractivity contribution in [3.63, 3.8) is 0 Å². The summed E-state index contributed by atoms with van der Waals surface area (Å²) in [6, 6.07) is 4.45. The first-order chi connectivity index (χ1) is 9.11. The third-order valence-electron chi connectivity index (χ3n) is 3.14. The van der Waals surface area contributed by atoms with E-state index in [1.54, 1.807) is 17.0 Å². The van der Waals surface area contributed by atoms with E-state index in [0.717, 1.165) is 13.1 Å². The van der Waals surface area contributed by atoms with Gasteiger partial charge in [-0.15, -0.1) is 6.42 Å². The van der Waals surface area contributed by atoms with Crippen molar-refractivity contribution < 1.29 is 9.18 Å². The molecule has 0 saturated carbocycles. The quantitative estimate of drug-likeness (QED) is 0.777. The molecule has 0 spiro atoms. The van der Waals surface area contributed by atoms with Crippen molar-refractivity contribution in [2.75, 3.05) is 32.7 Å². The molecule has 1 aromatic rings. The second kappa shape index (κ2) is 6.18. The summed E-state index contributed by atoms with van der Waals surface area (Å²) < 4.78 is 13.8. The Bertz CT molecular complexity index is 519. The lowest BCUT2D eigenvalue weighted by Gasteiger charge is -2.33. The SMILES string of the molecule is C#CCN1CCN(C(=O)c2ccc(Br)c(F)c2)CC1. The highest BCUT2D eigenvalue weighted by Gasteiger charge is 2.22. The van der Waals surface area contributed by atoms with E-state index in [0.29, 0.717) is 29.7 Å². The molecule has 1 amide bonds. The van der Waals surface area contributed by atoms with E-state index >= 15 is 0 Å². The first-order valence-electron chi connectivity index (χ1n) is 6.02. The average molecular weight is 325 g/mol. The van der Waals surface area contributed by atoms with E-state index in [1.807, 2.05) is 0 Å². The van der Waals surface area contributed by atoms with Crippen molar-refractivity contribution in [1.82, 2.24) is 9.80 Å². The molecule has 0 aromatic heterocycles. The van der Waals surface area contributed by atoms with Gasteiger partial charge >= 0.3 is 0 Å². The Labute approximate surface area is 120 Å². The fourth-order valence-electron chi connectivity index (χ4n) is 2.05. The first-order valence-corrected chi connectivity index (χ1v) is 6.81. The lowest BCUT2D eigenvalue weighted by atomic mass is 10.1. The van der Waals surface area contributed by atoms with E-state index in [2.05, 4.69) is 26.8 Å². The molecule has 1 heterocycles. The molecule has 0 radical (unpaired) electrons. The number of hydrogen-bond acceptors (Lipinski definition) is 2. The lowest BCUT2D eigenvalue weighted by Crippen LogP contribution is -2.48. The maximum absolute atomic E-state index is 13.4. The molecule has 0 aliphatic carbocycles. The highest BCUT2D eigenvalue weighted by Crippen LogP contribution is 2.18. The number of hydrogen-bond donors (Lipinski definition) is 0. The molecule has 1 aromatic carbocycles. The highest BCUT2D eigenvalue weighted by molar-refractivity contribution is 9.10. The van der Waals surface area contributed by atoms with Crippen LogP contribution in [0.3, 0.4) is 0 Å². The number of carbonyl (C=O) groups excluding carboxylic acids is 1. The second-order valence-corrected chi connectivity index (χ2v) is 5.26. The highest BCUT2D eigenvalue weighted by atomic mass is 79.9. The van der Waals surface area contributed by atoms with Gasteiger partial charge in [0.1, 0.15) is 5.82 Å². The molecule has 5 heteroatoms. The minimum absolute atomic E-state index is 0.133. The average Bonchev–Trinajstić information content (AvgIpc) is 2.42. The molecule has 0 unspecified atom stereocenters. The molecule has 1 saturated heterocycles. The monoisotopic (exact) mass is 324 g/mol. The van der Waals surface area contributed by atoms with Crippen LogP contribution in [0, 0.1) is 18.2 Å². The Morgan fingerprint density at radius 3 is 2.63 bits per heavy atom. The fraction of sp³-hybridized carbons (Fsp3) is 0.357. The van der Waals surface area contributed by atoms with Crippen LogP contribution in [-0.2, 0) is 0 Å². The number of amides is 1. The van der Waals surface area contributed by atoms with Gasteiger partial charge in [0.25, 0.3) is 5.91 Å². The molecule has 0 atom stereocenters. The van der Waals surface area contributed by atoms with Gasteiger partial charge in [-0.3, -0.25) is 9.69 Å². The van der Waals surface area contributed by atoms with Crippen molar-refractivity contribution >= 4 is 21.8 Å². The van der Waals surface area contributed by atoms with Crippen molar-refractivity contribution in [2.45, 2.75) is 0 Å². The Morgan fingerprint density at radius 2 is 2.05 bits per heavy atom. The summed E-state index contributed by atoms with van der Waals surface area (Å²) in [5.41, 5.74) is 0.381. The van der Waals surface area contributed by atoms with E-state index in [-0.39, 0.29) is 5.91 Å². The van der Waals surface area contributed by atoms with Gasteiger partial charge in [0.05, 0.1) is 11.0 Å². The molecule has 3 nitrogen and oxygen atoms in total. The number of nitrogens with zero attached hydrogens (tertiary/aromatic N) is 2. The molecular weight excluding hydrogens is 311 g/mol. The molecule has 1 aliphatic heterocycles. The molecule has 0 N–H and O–H groups in total. The number of piperazine rings is 1. The molecule has 2 rings (SSSR count). The van der Waals surface area contributed by atoms with Crippen LogP contribution in [-0.4, -0.2) is 48.4 Å². The zero-order valence-electron chi connectivity index (χ0n) is 10.4. The summed E-state index contributed by atoms with van der Waals surface area (Å²) in [7, 11) is 0. The van der Waals surface area contributed by atoms with E-state index in [4.69, 9.17) is 6.42 Å². The normalized spacial score (nSPS) is 16.2. The van der Waals surface area contributed by atoms with Crippen LogP contribution in [0.1, 0.15) is 10.4 Å². The van der Waals surface area contributed by atoms with Crippen molar-refractivity contribution in [3.05, 3.63) is 34.1 Å². The van der Waals surface area contributed by atoms with E-state index in [9.17, 15) is 9.18 Å². The number of benzene rings is 1. The van der Waals surface area contributed by atoms with E-state index in [1.165, 1.54) is 6.07 Å². The third kappa shape index (κ3) is 3.34. The number of halogens is 2. The molecule has 1 aliphatic rings. The van der Waals surface area contributed by atoms with Crippen LogP contribution < -0.4 is 0 Å². The largest absolute Gasteiger partial charge is 0.336 e. The van der Waals surface area contributed by atoms with Crippen LogP contribution in [0.2, 0.25) is 0 Å². The maximum atomic E-state index is 13.4. The van der Waals surface area contributed by atoms with Gasteiger partial charge in [0.2, 0.25) is 0 Å². The Morgan fingerprint density at radius 1 is 1.37 bits per heavy atom. The smallest absolute Gasteiger partial charge is 0.254 e. The van der Waals surface area contributed by atoms with Gasteiger partial charge in [-0.1, -0.05) is 5.92 Å². The molecule has 100 valence electrons. The molecule has 0 bridgehead atoms. The zero-order valence-corrected chi connectivity index (χ0v) is 12.0. The minimum atomic E-state index is -0.420. The third-order valence-corrected chi connectivity index (χ3v) is 3.78. The van der Waals surface area contributed by atoms with Crippen molar-refractivity contribution in [2.24, 2.45) is 0 Å². The summed E-state index contributed by atoms with van der Waals surface area (Å²) in [6.07, 6.45) is 5.26. The van der Waals surface area contributed by atoms with Crippen LogP contribution >= 0.6 is 15.9 Å². The first kappa shape index (κ1) is 14.0.